The molecule has 1 aromatic carbocycles. The Hall–Kier alpha value is -1.22. The Bertz CT molecular complexity index is 377. The number of ether oxygens (including phenoxy) is 2. The zero-order chi connectivity index (χ0) is 14.3. The fraction of sp³-hybridized carbons (Fsp3) is 0.625. The van der Waals surface area contributed by atoms with E-state index < -0.39 is 0 Å². The van der Waals surface area contributed by atoms with E-state index in [0.29, 0.717) is 12.0 Å². The van der Waals surface area contributed by atoms with Crippen LogP contribution >= 0.6 is 0 Å². The Kier molecular flexibility index (Phi) is 6.71. The van der Waals surface area contributed by atoms with Crippen LogP contribution in [0.1, 0.15) is 32.8 Å². The van der Waals surface area contributed by atoms with Crippen LogP contribution in [0.15, 0.2) is 18.2 Å². The van der Waals surface area contributed by atoms with Crippen LogP contribution in [0.3, 0.4) is 0 Å². The second kappa shape index (κ2) is 8.05. The first-order valence-corrected chi connectivity index (χ1v) is 7.06. The van der Waals surface area contributed by atoms with Gasteiger partial charge >= 0.3 is 0 Å². The predicted octanol–water partition coefficient (Wildman–Crippen LogP) is 3.27. The van der Waals surface area contributed by atoms with Crippen LogP contribution in [0.5, 0.6) is 11.5 Å². The Morgan fingerprint density at radius 3 is 2.32 bits per heavy atom. The van der Waals surface area contributed by atoms with Gasteiger partial charge in [-0.1, -0.05) is 26.8 Å². The van der Waals surface area contributed by atoms with Crippen molar-refractivity contribution in [2.45, 2.75) is 39.7 Å². The van der Waals surface area contributed by atoms with Crippen LogP contribution in [-0.2, 0) is 6.42 Å². The number of methoxy groups -OCH3 is 2. The highest BCUT2D eigenvalue weighted by Gasteiger charge is 2.10. The molecule has 1 atom stereocenters. The van der Waals surface area contributed by atoms with E-state index in [1.54, 1.807) is 14.2 Å². The Labute approximate surface area is 117 Å². The number of hydrogen-bond donors (Lipinski definition) is 1. The third-order valence-electron chi connectivity index (χ3n) is 3.51. The van der Waals surface area contributed by atoms with Gasteiger partial charge in [0.2, 0.25) is 0 Å². The molecule has 0 fully saturated rings. The largest absolute Gasteiger partial charge is 0.493 e. The molecule has 0 aliphatic carbocycles. The zero-order valence-electron chi connectivity index (χ0n) is 12.8. The van der Waals surface area contributed by atoms with E-state index in [-0.39, 0.29) is 0 Å². The van der Waals surface area contributed by atoms with Crippen molar-refractivity contribution >= 4 is 0 Å². The Morgan fingerprint density at radius 2 is 1.79 bits per heavy atom. The monoisotopic (exact) mass is 265 g/mol. The molecular weight excluding hydrogens is 238 g/mol. The van der Waals surface area contributed by atoms with Gasteiger partial charge in [0, 0.05) is 6.04 Å². The highest BCUT2D eigenvalue weighted by Crippen LogP contribution is 2.27. The van der Waals surface area contributed by atoms with Gasteiger partial charge in [0.15, 0.2) is 11.5 Å². The molecule has 0 bridgehead atoms. The minimum Gasteiger partial charge on any atom is -0.493 e. The van der Waals surface area contributed by atoms with Gasteiger partial charge in [0.25, 0.3) is 0 Å². The van der Waals surface area contributed by atoms with Crippen molar-refractivity contribution in [2.24, 2.45) is 5.92 Å². The van der Waals surface area contributed by atoms with Gasteiger partial charge in [-0.15, -0.1) is 0 Å². The molecule has 0 aliphatic rings. The lowest BCUT2D eigenvalue weighted by Crippen LogP contribution is -2.34. The molecule has 1 aromatic rings. The van der Waals surface area contributed by atoms with Crippen molar-refractivity contribution in [2.75, 3.05) is 20.8 Å². The molecule has 0 saturated heterocycles. The summed E-state index contributed by atoms with van der Waals surface area (Å²) >= 11 is 0. The second-order valence-corrected chi connectivity index (χ2v) is 5.15. The standard InChI is InChI=1S/C16H27NO2/c1-6-14(12(2)3)17-10-9-13-7-8-15(18-4)16(11-13)19-5/h7-8,11-12,14,17H,6,9-10H2,1-5H3. The van der Waals surface area contributed by atoms with E-state index >= 15 is 0 Å². The first-order chi connectivity index (χ1) is 9.12. The molecular formula is C16H27NO2. The molecule has 0 spiro atoms. The summed E-state index contributed by atoms with van der Waals surface area (Å²) in [5.74, 6) is 2.26. The summed E-state index contributed by atoms with van der Waals surface area (Å²) in [6.45, 7) is 7.75. The first kappa shape index (κ1) is 15.8. The molecule has 3 heteroatoms. The van der Waals surface area contributed by atoms with E-state index in [1.165, 1.54) is 12.0 Å². The maximum Gasteiger partial charge on any atom is 0.160 e. The molecule has 0 saturated carbocycles. The van der Waals surface area contributed by atoms with E-state index in [0.717, 1.165) is 24.5 Å². The Morgan fingerprint density at radius 1 is 1.11 bits per heavy atom. The van der Waals surface area contributed by atoms with Crippen LogP contribution in [0, 0.1) is 5.92 Å². The van der Waals surface area contributed by atoms with Crippen LogP contribution in [-0.4, -0.2) is 26.8 Å². The van der Waals surface area contributed by atoms with Gasteiger partial charge in [0.05, 0.1) is 14.2 Å². The van der Waals surface area contributed by atoms with E-state index in [2.05, 4.69) is 38.2 Å². The molecule has 19 heavy (non-hydrogen) atoms. The zero-order valence-corrected chi connectivity index (χ0v) is 12.8. The van der Waals surface area contributed by atoms with Gasteiger partial charge in [0.1, 0.15) is 0 Å². The van der Waals surface area contributed by atoms with Gasteiger partial charge in [-0.05, 0) is 43.0 Å². The fourth-order valence-electron chi connectivity index (χ4n) is 2.29. The van der Waals surface area contributed by atoms with E-state index in [1.807, 2.05) is 6.07 Å². The van der Waals surface area contributed by atoms with Gasteiger partial charge in [-0.25, -0.2) is 0 Å². The third kappa shape index (κ3) is 4.75. The van der Waals surface area contributed by atoms with Crippen LogP contribution in [0.25, 0.3) is 0 Å². The third-order valence-corrected chi connectivity index (χ3v) is 3.51. The van der Waals surface area contributed by atoms with Crippen molar-refractivity contribution in [3.63, 3.8) is 0 Å². The normalized spacial score (nSPS) is 12.5. The number of hydrogen-bond acceptors (Lipinski definition) is 3. The quantitative estimate of drug-likeness (QED) is 0.782. The maximum absolute atomic E-state index is 5.32. The summed E-state index contributed by atoms with van der Waals surface area (Å²) in [6.07, 6.45) is 2.17. The average Bonchev–Trinajstić information content (AvgIpc) is 2.42. The van der Waals surface area contributed by atoms with Crippen molar-refractivity contribution in [1.29, 1.82) is 0 Å². The summed E-state index contributed by atoms with van der Waals surface area (Å²) < 4.78 is 10.6. The molecule has 1 unspecified atom stereocenters. The lowest BCUT2D eigenvalue weighted by atomic mass is 10.0. The fourth-order valence-corrected chi connectivity index (χ4v) is 2.29. The molecule has 0 heterocycles. The summed E-state index contributed by atoms with van der Waals surface area (Å²) in [4.78, 5) is 0. The highest BCUT2D eigenvalue weighted by atomic mass is 16.5. The lowest BCUT2D eigenvalue weighted by Gasteiger charge is -2.20. The molecule has 3 nitrogen and oxygen atoms in total. The number of rotatable bonds is 8. The highest BCUT2D eigenvalue weighted by molar-refractivity contribution is 5.42. The minimum atomic E-state index is 0.597. The smallest absolute Gasteiger partial charge is 0.160 e. The average molecular weight is 265 g/mol. The summed E-state index contributed by atoms with van der Waals surface area (Å²) in [5, 5.41) is 3.61. The van der Waals surface area contributed by atoms with E-state index in [9.17, 15) is 0 Å². The van der Waals surface area contributed by atoms with Crippen LogP contribution < -0.4 is 14.8 Å². The molecule has 1 rings (SSSR count). The van der Waals surface area contributed by atoms with E-state index in [4.69, 9.17) is 9.47 Å². The molecule has 0 radical (unpaired) electrons. The van der Waals surface area contributed by atoms with Crippen molar-refractivity contribution in [3.8, 4) is 11.5 Å². The van der Waals surface area contributed by atoms with Gasteiger partial charge in [-0.2, -0.15) is 0 Å². The van der Waals surface area contributed by atoms with Crippen LogP contribution in [0.2, 0.25) is 0 Å². The Balaban J connectivity index is 2.54. The molecule has 108 valence electrons. The predicted molar refractivity (Wildman–Crippen MR) is 80.2 cm³/mol. The SMILES string of the molecule is CCC(NCCc1ccc(OC)c(OC)c1)C(C)C. The number of nitrogens with one attached hydrogen (secondary N) is 1. The molecule has 1 N–H and O–H groups in total. The van der Waals surface area contributed by atoms with Crippen molar-refractivity contribution in [3.05, 3.63) is 23.8 Å². The number of benzene rings is 1. The molecule has 0 aliphatic heterocycles. The molecule has 0 aromatic heterocycles. The lowest BCUT2D eigenvalue weighted by molar-refractivity contribution is 0.354. The van der Waals surface area contributed by atoms with Crippen molar-refractivity contribution in [1.82, 2.24) is 5.32 Å². The maximum atomic E-state index is 5.32. The van der Waals surface area contributed by atoms with Crippen molar-refractivity contribution < 1.29 is 9.47 Å². The van der Waals surface area contributed by atoms with Gasteiger partial charge in [-0.3, -0.25) is 0 Å². The second-order valence-electron chi connectivity index (χ2n) is 5.15. The summed E-state index contributed by atoms with van der Waals surface area (Å²) in [5.41, 5.74) is 1.27. The summed E-state index contributed by atoms with van der Waals surface area (Å²) in [6, 6.07) is 6.71. The molecule has 0 amide bonds. The minimum absolute atomic E-state index is 0.597. The first-order valence-electron chi connectivity index (χ1n) is 7.06. The summed E-state index contributed by atoms with van der Waals surface area (Å²) in [7, 11) is 3.33. The topological polar surface area (TPSA) is 30.5 Å². The van der Waals surface area contributed by atoms with Gasteiger partial charge < -0.3 is 14.8 Å². The van der Waals surface area contributed by atoms with Crippen LogP contribution in [0.4, 0.5) is 0 Å².